The first-order valence-electron chi connectivity index (χ1n) is 13.6. The number of allylic oxidation sites excluding steroid dienone is 1. The molecule has 4 aliphatic carbocycles. The van der Waals surface area contributed by atoms with E-state index >= 15 is 0 Å². The fourth-order valence-corrected chi connectivity index (χ4v) is 9.44. The first-order chi connectivity index (χ1) is 16.8. The minimum absolute atomic E-state index is 0.118. The minimum atomic E-state index is -1.27. The van der Waals surface area contributed by atoms with Gasteiger partial charge in [-0.2, -0.15) is 0 Å². The molecule has 4 fully saturated rings. The molecule has 1 saturated heterocycles. The van der Waals surface area contributed by atoms with Crippen LogP contribution in [0.1, 0.15) is 73.1 Å². The Balaban J connectivity index is 1.30. The summed E-state index contributed by atoms with van der Waals surface area (Å²) >= 11 is 0. The monoisotopic (exact) mass is 500 g/mol. The van der Waals surface area contributed by atoms with Crippen molar-refractivity contribution in [3.8, 4) is 0 Å². The number of epoxide rings is 1. The summed E-state index contributed by atoms with van der Waals surface area (Å²) in [7, 11) is 1.55. The van der Waals surface area contributed by atoms with E-state index in [-0.39, 0.29) is 47.4 Å². The van der Waals surface area contributed by atoms with Crippen LogP contribution in [0.2, 0.25) is 0 Å². The van der Waals surface area contributed by atoms with E-state index < -0.39 is 34.9 Å². The lowest BCUT2D eigenvalue weighted by molar-refractivity contribution is -0.182. The SMILES string of the molecule is CO[C@H]1CC(=O)[C@]2(C)[C@H]3CC[C@]4(C)C([C@@](C)(O)[C@H]5CC(C)=C(C)C(=O)O5)=CC[C@H]4[C@@H]3C[C@H]3O[C@]32[C@H]1O. The smallest absolute Gasteiger partial charge is 0.334 e. The highest BCUT2D eigenvalue weighted by Crippen LogP contribution is 2.73. The number of methoxy groups -OCH3 is 1. The predicted molar refractivity (Wildman–Crippen MR) is 131 cm³/mol. The number of hydrogen-bond donors (Lipinski definition) is 2. The van der Waals surface area contributed by atoms with Crippen molar-refractivity contribution in [2.75, 3.05) is 7.11 Å². The van der Waals surface area contributed by atoms with Crippen LogP contribution in [0.5, 0.6) is 0 Å². The number of ether oxygens (including phenoxy) is 3. The summed E-state index contributed by atoms with van der Waals surface area (Å²) in [6.07, 6.45) is 4.14. The van der Waals surface area contributed by atoms with Gasteiger partial charge in [0.15, 0.2) is 0 Å². The number of hydrogen-bond acceptors (Lipinski definition) is 7. The largest absolute Gasteiger partial charge is 0.455 e. The second-order valence-corrected chi connectivity index (χ2v) is 13.0. The maximum Gasteiger partial charge on any atom is 0.334 e. The number of aliphatic hydroxyl groups is 2. The molecule has 36 heavy (non-hydrogen) atoms. The van der Waals surface area contributed by atoms with Crippen LogP contribution in [0.4, 0.5) is 0 Å². The molecule has 2 heterocycles. The molecule has 11 atom stereocenters. The van der Waals surface area contributed by atoms with Crippen LogP contribution in [0.3, 0.4) is 0 Å². The topological polar surface area (TPSA) is 106 Å². The molecule has 1 spiro atoms. The number of carbonyl (C=O) groups is 2. The van der Waals surface area contributed by atoms with Gasteiger partial charge in [0.25, 0.3) is 0 Å². The molecule has 0 aromatic carbocycles. The van der Waals surface area contributed by atoms with Crippen molar-refractivity contribution in [2.45, 2.75) is 109 Å². The van der Waals surface area contributed by atoms with E-state index in [1.54, 1.807) is 21.0 Å². The minimum Gasteiger partial charge on any atom is -0.455 e. The number of carbonyl (C=O) groups excluding carboxylic acids is 2. The average molecular weight is 501 g/mol. The third kappa shape index (κ3) is 2.78. The summed E-state index contributed by atoms with van der Waals surface area (Å²) in [6, 6.07) is 0. The number of aliphatic hydroxyl groups excluding tert-OH is 1. The summed E-state index contributed by atoms with van der Waals surface area (Å²) in [5.41, 5.74) is -0.530. The number of rotatable bonds is 3. The van der Waals surface area contributed by atoms with Gasteiger partial charge in [-0.1, -0.05) is 18.6 Å². The Bertz CT molecular complexity index is 1090. The van der Waals surface area contributed by atoms with Gasteiger partial charge in [0.1, 0.15) is 29.2 Å². The lowest BCUT2D eigenvalue weighted by Gasteiger charge is -2.59. The first kappa shape index (κ1) is 24.8. The zero-order valence-corrected chi connectivity index (χ0v) is 22.3. The number of ketones is 1. The van der Waals surface area contributed by atoms with Crippen molar-refractivity contribution >= 4 is 11.8 Å². The maximum absolute atomic E-state index is 13.7. The summed E-state index contributed by atoms with van der Waals surface area (Å²) in [6.45, 7) is 9.79. The molecule has 0 aromatic heterocycles. The normalized spacial score (nSPS) is 51.3. The standard InChI is InChI=1S/C29H40O7/c1-14-11-22(35-25(32)15(14)2)28(5,33)20-8-7-17-16-12-23-29(36-23)24(31)19(34-6)13-21(30)27(29,4)18(16)9-10-26(17,20)3/h8,16-19,22-24,31,33H,7,9-13H2,1-6H3/t16-,17-,18-,19-,22+,23+,24-,26-,27-,28+,29-/m0/s1. The van der Waals surface area contributed by atoms with Crippen LogP contribution in [0.25, 0.3) is 0 Å². The molecule has 3 saturated carbocycles. The summed E-state index contributed by atoms with van der Waals surface area (Å²) < 4.78 is 17.5. The molecule has 2 aliphatic heterocycles. The Kier molecular flexibility index (Phi) is 5.18. The lowest BCUT2D eigenvalue weighted by atomic mass is 9.43. The van der Waals surface area contributed by atoms with Crippen molar-refractivity contribution in [2.24, 2.45) is 28.6 Å². The molecule has 0 bridgehead atoms. The molecule has 0 unspecified atom stereocenters. The van der Waals surface area contributed by atoms with Gasteiger partial charge in [-0.15, -0.1) is 0 Å². The highest BCUT2D eigenvalue weighted by atomic mass is 16.6. The summed E-state index contributed by atoms with van der Waals surface area (Å²) in [5.74, 6) is 0.434. The quantitative estimate of drug-likeness (QED) is 0.348. The Labute approximate surface area is 213 Å². The molecule has 7 heteroatoms. The average Bonchev–Trinajstić information content (AvgIpc) is 3.45. The van der Waals surface area contributed by atoms with E-state index in [0.717, 1.165) is 36.8 Å². The van der Waals surface area contributed by atoms with E-state index in [1.807, 2.05) is 13.8 Å². The van der Waals surface area contributed by atoms with E-state index in [9.17, 15) is 19.8 Å². The van der Waals surface area contributed by atoms with Crippen LogP contribution in [0.15, 0.2) is 22.8 Å². The predicted octanol–water partition coefficient (Wildman–Crippen LogP) is 3.26. The molecule has 198 valence electrons. The Hall–Kier alpha value is -1.54. The van der Waals surface area contributed by atoms with E-state index in [0.29, 0.717) is 12.0 Å². The second-order valence-electron chi connectivity index (χ2n) is 13.0. The molecule has 6 rings (SSSR count). The van der Waals surface area contributed by atoms with Gasteiger partial charge >= 0.3 is 5.97 Å². The van der Waals surface area contributed by atoms with Crippen molar-refractivity contribution in [3.63, 3.8) is 0 Å². The number of cyclic esters (lactones) is 1. The first-order valence-corrected chi connectivity index (χ1v) is 13.6. The van der Waals surface area contributed by atoms with Gasteiger partial charge in [0.05, 0.1) is 17.6 Å². The Morgan fingerprint density at radius 3 is 2.56 bits per heavy atom. The van der Waals surface area contributed by atoms with E-state index in [4.69, 9.17) is 14.2 Å². The van der Waals surface area contributed by atoms with Gasteiger partial charge < -0.3 is 24.4 Å². The van der Waals surface area contributed by atoms with Crippen LogP contribution >= 0.6 is 0 Å². The zero-order valence-electron chi connectivity index (χ0n) is 22.3. The molecule has 7 nitrogen and oxygen atoms in total. The van der Waals surface area contributed by atoms with Gasteiger partial charge in [0.2, 0.25) is 0 Å². The molecule has 6 aliphatic rings. The number of esters is 1. The fraction of sp³-hybridized carbons (Fsp3) is 0.793. The Morgan fingerprint density at radius 2 is 1.89 bits per heavy atom. The lowest BCUT2D eigenvalue weighted by Crippen LogP contribution is -2.68. The highest BCUT2D eigenvalue weighted by Gasteiger charge is 2.82. The van der Waals surface area contributed by atoms with Gasteiger partial charge in [0, 0.05) is 25.5 Å². The van der Waals surface area contributed by atoms with Crippen LogP contribution in [-0.2, 0) is 23.8 Å². The van der Waals surface area contributed by atoms with Crippen molar-refractivity contribution in [1.82, 2.24) is 0 Å². The number of Topliss-reactive ketones (excluding diaryl/α,β-unsaturated/α-hetero) is 1. The van der Waals surface area contributed by atoms with Crippen molar-refractivity contribution < 1.29 is 34.0 Å². The third-order valence-electron chi connectivity index (χ3n) is 11.7. The fourth-order valence-electron chi connectivity index (χ4n) is 9.44. The Morgan fingerprint density at radius 1 is 1.17 bits per heavy atom. The maximum atomic E-state index is 13.7. The molecular formula is C29H40O7. The van der Waals surface area contributed by atoms with Crippen LogP contribution in [-0.4, -0.2) is 64.7 Å². The summed E-state index contributed by atoms with van der Waals surface area (Å²) in [5, 5.41) is 23.1. The summed E-state index contributed by atoms with van der Waals surface area (Å²) in [4.78, 5) is 26.1. The van der Waals surface area contributed by atoms with Crippen LogP contribution in [0, 0.1) is 28.6 Å². The molecular weight excluding hydrogens is 460 g/mol. The van der Waals surface area contributed by atoms with Crippen LogP contribution < -0.4 is 0 Å². The van der Waals surface area contributed by atoms with Gasteiger partial charge in [-0.3, -0.25) is 4.79 Å². The van der Waals surface area contributed by atoms with Crippen molar-refractivity contribution in [1.29, 1.82) is 0 Å². The van der Waals surface area contributed by atoms with E-state index in [1.165, 1.54) is 0 Å². The van der Waals surface area contributed by atoms with Gasteiger partial charge in [-0.05, 0) is 82.1 Å². The molecule has 0 radical (unpaired) electrons. The second kappa shape index (κ2) is 7.52. The molecule has 0 amide bonds. The van der Waals surface area contributed by atoms with Gasteiger partial charge in [-0.25, -0.2) is 4.79 Å². The molecule has 2 N–H and O–H groups in total. The number of fused-ring (bicyclic) bond motifs is 4. The zero-order chi connectivity index (χ0) is 26.0. The van der Waals surface area contributed by atoms with Crippen molar-refractivity contribution in [3.05, 3.63) is 22.8 Å². The third-order valence-corrected chi connectivity index (χ3v) is 11.7. The van der Waals surface area contributed by atoms with E-state index in [2.05, 4.69) is 13.0 Å². The highest BCUT2D eigenvalue weighted by molar-refractivity contribution is 5.90. The molecule has 0 aromatic rings.